The van der Waals surface area contributed by atoms with Gasteiger partial charge in [-0.05, 0) is 30.7 Å². The summed E-state index contributed by atoms with van der Waals surface area (Å²) in [6.07, 6.45) is 0.00160. The number of hydrogen-bond donors (Lipinski definition) is 1. The summed E-state index contributed by atoms with van der Waals surface area (Å²) < 4.78 is 19.2. The van der Waals surface area contributed by atoms with Gasteiger partial charge in [0.25, 0.3) is 0 Å². The van der Waals surface area contributed by atoms with E-state index in [1.165, 1.54) is 18.2 Å². The predicted molar refractivity (Wildman–Crippen MR) is 77.4 cm³/mol. The fourth-order valence-corrected chi connectivity index (χ4v) is 2.11. The van der Waals surface area contributed by atoms with Crippen LogP contribution in [-0.4, -0.2) is 5.11 Å². The summed E-state index contributed by atoms with van der Waals surface area (Å²) in [5.41, 5.74) is 1.09. The lowest BCUT2D eigenvalue weighted by molar-refractivity contribution is 0.166. The van der Waals surface area contributed by atoms with Crippen LogP contribution in [0.1, 0.15) is 30.6 Å². The molecule has 0 aliphatic rings. The number of halogens is 2. The van der Waals surface area contributed by atoms with Crippen molar-refractivity contribution in [3.63, 3.8) is 0 Å². The highest BCUT2D eigenvalue weighted by Crippen LogP contribution is 2.28. The van der Waals surface area contributed by atoms with E-state index in [4.69, 9.17) is 16.3 Å². The maximum Gasteiger partial charge on any atom is 0.129 e. The number of aliphatic hydroxyl groups is 1. The van der Waals surface area contributed by atoms with Gasteiger partial charge in [-0.2, -0.15) is 0 Å². The van der Waals surface area contributed by atoms with Crippen LogP contribution >= 0.6 is 11.6 Å². The molecule has 2 aromatic rings. The molecule has 0 aromatic heterocycles. The van der Waals surface area contributed by atoms with Crippen LogP contribution in [0.2, 0.25) is 5.02 Å². The van der Waals surface area contributed by atoms with Crippen LogP contribution in [0.25, 0.3) is 0 Å². The largest absolute Gasteiger partial charge is 0.488 e. The molecule has 1 atom stereocenters. The summed E-state index contributed by atoms with van der Waals surface area (Å²) in [6.45, 7) is 1.96. The van der Waals surface area contributed by atoms with Gasteiger partial charge in [0.1, 0.15) is 18.2 Å². The number of aliphatic hydroxyl groups excluding tert-OH is 1. The van der Waals surface area contributed by atoms with Crippen molar-refractivity contribution in [1.82, 2.24) is 0 Å². The third-order valence-corrected chi connectivity index (χ3v) is 3.29. The normalized spacial score (nSPS) is 12.2. The second kappa shape index (κ2) is 6.73. The standard InChI is InChI=1S/C16H16ClFO2/c1-2-15(19)13-5-3-4-6-16(13)20-10-11-9-12(17)7-8-14(11)18/h3-9,15,19H,2,10H2,1H3. The Morgan fingerprint density at radius 1 is 1.25 bits per heavy atom. The molecule has 0 amide bonds. The Hall–Kier alpha value is -1.58. The van der Waals surface area contributed by atoms with Crippen molar-refractivity contribution in [3.8, 4) is 5.75 Å². The molecule has 4 heteroatoms. The van der Waals surface area contributed by atoms with Crippen LogP contribution in [-0.2, 0) is 6.61 Å². The van der Waals surface area contributed by atoms with E-state index in [2.05, 4.69) is 0 Å². The van der Waals surface area contributed by atoms with Gasteiger partial charge in [-0.1, -0.05) is 36.7 Å². The lowest BCUT2D eigenvalue weighted by atomic mass is 10.1. The van der Waals surface area contributed by atoms with E-state index in [-0.39, 0.29) is 12.4 Å². The molecule has 0 saturated heterocycles. The molecule has 0 heterocycles. The minimum Gasteiger partial charge on any atom is -0.488 e. The minimum atomic E-state index is -0.588. The Kier molecular flexibility index (Phi) is 4.99. The van der Waals surface area contributed by atoms with Crippen molar-refractivity contribution in [2.45, 2.75) is 26.1 Å². The van der Waals surface area contributed by atoms with Crippen LogP contribution in [0.4, 0.5) is 4.39 Å². The van der Waals surface area contributed by atoms with Gasteiger partial charge >= 0.3 is 0 Å². The average molecular weight is 295 g/mol. The number of hydrogen-bond acceptors (Lipinski definition) is 2. The number of ether oxygens (including phenoxy) is 1. The summed E-state index contributed by atoms with van der Waals surface area (Å²) in [6, 6.07) is 11.6. The van der Waals surface area contributed by atoms with Gasteiger partial charge in [0.2, 0.25) is 0 Å². The van der Waals surface area contributed by atoms with Gasteiger partial charge in [0.05, 0.1) is 6.10 Å². The van der Waals surface area contributed by atoms with E-state index in [0.717, 1.165) is 0 Å². The zero-order valence-corrected chi connectivity index (χ0v) is 11.9. The molecule has 0 aliphatic heterocycles. The molecule has 20 heavy (non-hydrogen) atoms. The number of benzene rings is 2. The molecule has 0 saturated carbocycles. The van der Waals surface area contributed by atoms with Crippen molar-refractivity contribution < 1.29 is 14.2 Å². The van der Waals surface area contributed by atoms with Crippen molar-refractivity contribution >= 4 is 11.6 Å². The highest BCUT2D eigenvalue weighted by atomic mass is 35.5. The van der Waals surface area contributed by atoms with Crippen LogP contribution < -0.4 is 4.74 Å². The second-order valence-corrected chi connectivity index (χ2v) is 4.92. The van der Waals surface area contributed by atoms with Crippen LogP contribution in [0.3, 0.4) is 0 Å². The summed E-state index contributed by atoms with van der Waals surface area (Å²) in [4.78, 5) is 0. The third-order valence-electron chi connectivity index (χ3n) is 3.06. The van der Waals surface area contributed by atoms with E-state index in [1.54, 1.807) is 12.1 Å². The Morgan fingerprint density at radius 3 is 2.75 bits per heavy atom. The fourth-order valence-electron chi connectivity index (χ4n) is 1.92. The Balaban J connectivity index is 2.17. The van der Waals surface area contributed by atoms with Crippen molar-refractivity contribution in [2.24, 2.45) is 0 Å². The zero-order valence-electron chi connectivity index (χ0n) is 11.1. The first kappa shape index (κ1) is 14.8. The lowest BCUT2D eigenvalue weighted by Crippen LogP contribution is -2.03. The number of para-hydroxylation sites is 1. The average Bonchev–Trinajstić information content (AvgIpc) is 2.47. The summed E-state index contributed by atoms with van der Waals surface area (Å²) in [5, 5.41) is 10.4. The molecule has 0 radical (unpaired) electrons. The molecule has 0 aliphatic carbocycles. The third kappa shape index (κ3) is 3.50. The predicted octanol–water partition coefficient (Wildman–Crippen LogP) is 4.50. The summed E-state index contributed by atoms with van der Waals surface area (Å²) in [5.74, 6) is 0.198. The summed E-state index contributed by atoms with van der Waals surface area (Å²) >= 11 is 5.84. The molecule has 1 N–H and O–H groups in total. The van der Waals surface area contributed by atoms with E-state index in [0.29, 0.717) is 28.3 Å². The van der Waals surface area contributed by atoms with Crippen molar-refractivity contribution in [2.75, 3.05) is 0 Å². The Bertz CT molecular complexity index is 586. The molecule has 0 spiro atoms. The topological polar surface area (TPSA) is 29.5 Å². The molecule has 2 nitrogen and oxygen atoms in total. The molecule has 2 rings (SSSR count). The first-order valence-corrected chi connectivity index (χ1v) is 6.83. The first-order valence-electron chi connectivity index (χ1n) is 6.45. The van der Waals surface area contributed by atoms with E-state index in [1.807, 2.05) is 19.1 Å². The van der Waals surface area contributed by atoms with Crippen LogP contribution in [0, 0.1) is 5.82 Å². The van der Waals surface area contributed by atoms with Crippen molar-refractivity contribution in [3.05, 3.63) is 64.4 Å². The molecule has 0 fully saturated rings. The maximum atomic E-state index is 13.6. The molecular weight excluding hydrogens is 279 g/mol. The van der Waals surface area contributed by atoms with Gasteiger partial charge in [0.15, 0.2) is 0 Å². The van der Waals surface area contributed by atoms with Gasteiger partial charge in [0, 0.05) is 16.1 Å². The van der Waals surface area contributed by atoms with Gasteiger partial charge in [-0.25, -0.2) is 4.39 Å². The molecule has 106 valence electrons. The van der Waals surface area contributed by atoms with Gasteiger partial charge < -0.3 is 9.84 Å². The van der Waals surface area contributed by atoms with Crippen LogP contribution in [0.15, 0.2) is 42.5 Å². The van der Waals surface area contributed by atoms with Gasteiger partial charge in [-0.15, -0.1) is 0 Å². The molecule has 1 unspecified atom stereocenters. The molecule has 0 bridgehead atoms. The quantitative estimate of drug-likeness (QED) is 0.879. The molecular formula is C16H16ClFO2. The molecule has 2 aromatic carbocycles. The first-order chi connectivity index (χ1) is 9.61. The van der Waals surface area contributed by atoms with Gasteiger partial charge in [-0.3, -0.25) is 0 Å². The van der Waals surface area contributed by atoms with Crippen LogP contribution in [0.5, 0.6) is 5.75 Å². The van der Waals surface area contributed by atoms with E-state index >= 15 is 0 Å². The van der Waals surface area contributed by atoms with E-state index < -0.39 is 6.10 Å². The highest BCUT2D eigenvalue weighted by molar-refractivity contribution is 6.30. The lowest BCUT2D eigenvalue weighted by Gasteiger charge is -2.15. The minimum absolute atomic E-state index is 0.0693. The zero-order chi connectivity index (χ0) is 14.5. The maximum absolute atomic E-state index is 13.6. The van der Waals surface area contributed by atoms with Crippen molar-refractivity contribution in [1.29, 1.82) is 0 Å². The fraction of sp³-hybridized carbons (Fsp3) is 0.250. The highest BCUT2D eigenvalue weighted by Gasteiger charge is 2.12. The Labute approximate surface area is 122 Å². The monoisotopic (exact) mass is 294 g/mol. The van der Waals surface area contributed by atoms with E-state index in [9.17, 15) is 9.50 Å². The smallest absolute Gasteiger partial charge is 0.129 e. The summed E-state index contributed by atoms with van der Waals surface area (Å²) in [7, 11) is 0. The second-order valence-electron chi connectivity index (χ2n) is 4.49. The Morgan fingerprint density at radius 2 is 2.00 bits per heavy atom. The SMILES string of the molecule is CCC(O)c1ccccc1OCc1cc(Cl)ccc1F. The number of rotatable bonds is 5.